The van der Waals surface area contributed by atoms with Gasteiger partial charge in [0.2, 0.25) is 11.9 Å². The summed E-state index contributed by atoms with van der Waals surface area (Å²) in [5.74, 6) is 6.63. The van der Waals surface area contributed by atoms with Crippen LogP contribution in [0.1, 0.15) is 37.0 Å². The van der Waals surface area contributed by atoms with Crippen LogP contribution in [0.25, 0.3) is 0 Å². The lowest BCUT2D eigenvalue weighted by molar-refractivity contribution is -0.122. The Balaban J connectivity index is 1.84. The van der Waals surface area contributed by atoms with E-state index in [1.165, 1.54) is 12.1 Å². The lowest BCUT2D eigenvalue weighted by Crippen LogP contribution is -2.37. The summed E-state index contributed by atoms with van der Waals surface area (Å²) in [6, 6.07) is 13.1. The molecule has 0 saturated carbocycles. The normalized spacial score (nSPS) is 11.2. The van der Waals surface area contributed by atoms with Gasteiger partial charge < -0.3 is 21.7 Å². The highest BCUT2D eigenvalue weighted by Gasteiger charge is 2.09. The molecule has 8 heteroatoms. The van der Waals surface area contributed by atoms with Crippen molar-refractivity contribution in [3.05, 3.63) is 77.2 Å². The van der Waals surface area contributed by atoms with E-state index in [4.69, 9.17) is 5.73 Å². The van der Waals surface area contributed by atoms with Gasteiger partial charge in [-0.3, -0.25) is 4.79 Å². The van der Waals surface area contributed by atoms with Crippen LogP contribution in [0.2, 0.25) is 0 Å². The average molecular weight is 447 g/mol. The van der Waals surface area contributed by atoms with Crippen molar-refractivity contribution in [2.75, 3.05) is 17.2 Å². The van der Waals surface area contributed by atoms with E-state index in [-0.39, 0.29) is 11.7 Å². The van der Waals surface area contributed by atoms with Crippen LogP contribution in [0.3, 0.4) is 0 Å². The summed E-state index contributed by atoms with van der Waals surface area (Å²) in [6.45, 7) is 4.74. The summed E-state index contributed by atoms with van der Waals surface area (Å²) in [6.07, 6.45) is 2.53. The van der Waals surface area contributed by atoms with Crippen molar-refractivity contribution in [1.29, 1.82) is 0 Å². The van der Waals surface area contributed by atoms with E-state index in [2.05, 4.69) is 44.7 Å². The number of nitrogens with zero attached hydrogens (tertiary/aromatic N) is 2. The first-order valence-corrected chi connectivity index (χ1v) is 10.7. The topological polar surface area (TPSA) is 105 Å². The molecule has 0 unspecified atom stereocenters. The zero-order chi connectivity index (χ0) is 23.6. The monoisotopic (exact) mass is 446 g/mol. The summed E-state index contributed by atoms with van der Waals surface area (Å²) >= 11 is 0. The number of hydrogen-bond donors (Lipinski definition) is 4. The van der Waals surface area contributed by atoms with Crippen LogP contribution in [-0.4, -0.2) is 28.5 Å². The third kappa shape index (κ3) is 7.02. The second kappa shape index (κ2) is 11.6. The fourth-order valence-corrected chi connectivity index (χ4v) is 2.88. The highest BCUT2D eigenvalue weighted by Crippen LogP contribution is 2.18. The van der Waals surface area contributed by atoms with Crippen molar-refractivity contribution in [2.24, 2.45) is 5.73 Å². The number of hydrogen-bond acceptors (Lipinski definition) is 6. The molecule has 0 saturated heterocycles. The molecule has 1 atom stereocenters. The zero-order valence-electron chi connectivity index (χ0n) is 18.7. The largest absolute Gasteiger partial charge is 0.369 e. The van der Waals surface area contributed by atoms with Gasteiger partial charge in [0.05, 0.1) is 17.8 Å². The molecule has 33 heavy (non-hydrogen) atoms. The number of carbonyl (C=O) groups is 1. The molecular formula is C25H27FN6O. The Labute approximate surface area is 193 Å². The Morgan fingerprint density at radius 3 is 2.70 bits per heavy atom. The lowest BCUT2D eigenvalue weighted by Gasteiger charge is -2.10. The van der Waals surface area contributed by atoms with Crippen LogP contribution in [0.4, 0.5) is 21.8 Å². The zero-order valence-corrected chi connectivity index (χ0v) is 18.7. The molecule has 0 bridgehead atoms. The van der Waals surface area contributed by atoms with E-state index in [0.29, 0.717) is 36.1 Å². The minimum absolute atomic E-state index is 0.224. The van der Waals surface area contributed by atoms with Gasteiger partial charge in [-0.15, -0.1) is 0 Å². The molecule has 1 aromatic heterocycles. The number of aromatic nitrogens is 2. The van der Waals surface area contributed by atoms with Crippen LogP contribution in [-0.2, 0) is 11.3 Å². The quantitative estimate of drug-likeness (QED) is 0.395. The standard InChI is InChI=1S/C25H27FN6O/c1-3-13-28-23-20(16-30-25(32-23)31-22-10-6-9-21(26)14-22)12-11-18-7-4-5-8-19(18)15-29-24(33)17(2)27/h4-10,14,16-17H,3,13,15,27H2,1-2H3,(H,29,33)(H2,28,30,31,32)/t17-/m0/s1. The van der Waals surface area contributed by atoms with Crippen LogP contribution in [0, 0.1) is 17.7 Å². The van der Waals surface area contributed by atoms with Gasteiger partial charge in [0.1, 0.15) is 11.6 Å². The van der Waals surface area contributed by atoms with Crippen LogP contribution < -0.4 is 21.7 Å². The number of halogens is 1. The molecule has 2 aromatic carbocycles. The predicted molar refractivity (Wildman–Crippen MR) is 128 cm³/mol. The molecular weight excluding hydrogens is 419 g/mol. The van der Waals surface area contributed by atoms with Gasteiger partial charge >= 0.3 is 0 Å². The number of rotatable bonds is 8. The van der Waals surface area contributed by atoms with Gasteiger partial charge in [0.25, 0.3) is 0 Å². The Bertz CT molecular complexity index is 1170. The molecule has 7 nitrogen and oxygen atoms in total. The van der Waals surface area contributed by atoms with Crippen LogP contribution in [0.5, 0.6) is 0 Å². The second-order valence-corrected chi connectivity index (χ2v) is 7.43. The number of benzene rings is 2. The summed E-state index contributed by atoms with van der Waals surface area (Å²) in [7, 11) is 0. The second-order valence-electron chi connectivity index (χ2n) is 7.43. The van der Waals surface area contributed by atoms with E-state index in [1.54, 1.807) is 25.3 Å². The SMILES string of the molecule is CCCNc1nc(Nc2cccc(F)c2)ncc1C#Cc1ccccc1CNC(=O)[C@H](C)N. The lowest BCUT2D eigenvalue weighted by atomic mass is 10.1. The Morgan fingerprint density at radius 1 is 1.15 bits per heavy atom. The molecule has 0 spiro atoms. The highest BCUT2D eigenvalue weighted by molar-refractivity contribution is 5.81. The van der Waals surface area contributed by atoms with Crippen molar-refractivity contribution in [1.82, 2.24) is 15.3 Å². The Morgan fingerprint density at radius 2 is 1.94 bits per heavy atom. The maximum Gasteiger partial charge on any atom is 0.236 e. The third-order valence-electron chi connectivity index (χ3n) is 4.63. The number of carbonyl (C=O) groups excluding carboxylic acids is 1. The number of nitrogens with two attached hydrogens (primary N) is 1. The van der Waals surface area contributed by atoms with Gasteiger partial charge in [-0.2, -0.15) is 4.98 Å². The summed E-state index contributed by atoms with van der Waals surface area (Å²) in [5.41, 5.74) is 8.46. The first kappa shape index (κ1) is 23.7. The molecule has 0 aliphatic rings. The van der Waals surface area contributed by atoms with Crippen molar-refractivity contribution >= 4 is 23.4 Å². The molecule has 3 aromatic rings. The molecule has 3 rings (SSSR count). The fourth-order valence-electron chi connectivity index (χ4n) is 2.88. The first-order valence-electron chi connectivity index (χ1n) is 10.7. The van der Waals surface area contributed by atoms with Gasteiger partial charge in [-0.05, 0) is 43.2 Å². The molecule has 0 fully saturated rings. The minimum atomic E-state index is -0.577. The van der Waals surface area contributed by atoms with Crippen molar-refractivity contribution in [3.8, 4) is 11.8 Å². The summed E-state index contributed by atoms with van der Waals surface area (Å²) in [4.78, 5) is 20.7. The van der Waals surface area contributed by atoms with E-state index in [9.17, 15) is 9.18 Å². The van der Waals surface area contributed by atoms with Crippen LogP contribution >= 0.6 is 0 Å². The van der Waals surface area contributed by atoms with Crippen molar-refractivity contribution < 1.29 is 9.18 Å². The average Bonchev–Trinajstić information content (AvgIpc) is 2.81. The first-order chi connectivity index (χ1) is 16.0. The molecule has 0 radical (unpaired) electrons. The maximum absolute atomic E-state index is 13.5. The van der Waals surface area contributed by atoms with E-state index in [1.807, 2.05) is 24.3 Å². The van der Waals surface area contributed by atoms with Crippen molar-refractivity contribution in [3.63, 3.8) is 0 Å². The van der Waals surface area contributed by atoms with E-state index < -0.39 is 6.04 Å². The summed E-state index contributed by atoms with van der Waals surface area (Å²) < 4.78 is 13.5. The minimum Gasteiger partial charge on any atom is -0.369 e. The Kier molecular flexibility index (Phi) is 8.33. The molecule has 5 N–H and O–H groups in total. The number of anilines is 3. The predicted octanol–water partition coefficient (Wildman–Crippen LogP) is 3.54. The third-order valence-corrected chi connectivity index (χ3v) is 4.63. The number of amides is 1. The Hall–Kier alpha value is -3.96. The van der Waals surface area contributed by atoms with Crippen molar-refractivity contribution in [2.45, 2.75) is 32.9 Å². The molecule has 0 aliphatic carbocycles. The van der Waals surface area contributed by atoms with E-state index in [0.717, 1.165) is 17.5 Å². The van der Waals surface area contributed by atoms with Gasteiger partial charge in [0, 0.05) is 24.3 Å². The van der Waals surface area contributed by atoms with Gasteiger partial charge in [0.15, 0.2) is 0 Å². The molecule has 1 amide bonds. The molecule has 170 valence electrons. The number of nitrogens with one attached hydrogen (secondary N) is 3. The molecule has 0 aliphatic heterocycles. The molecule has 1 heterocycles. The smallest absolute Gasteiger partial charge is 0.236 e. The van der Waals surface area contributed by atoms with Gasteiger partial charge in [-0.1, -0.05) is 43.0 Å². The highest BCUT2D eigenvalue weighted by atomic mass is 19.1. The summed E-state index contributed by atoms with van der Waals surface area (Å²) in [5, 5.41) is 9.08. The van der Waals surface area contributed by atoms with Crippen LogP contribution in [0.15, 0.2) is 54.7 Å². The fraction of sp³-hybridized carbons (Fsp3) is 0.240. The van der Waals surface area contributed by atoms with E-state index >= 15 is 0 Å². The maximum atomic E-state index is 13.5. The van der Waals surface area contributed by atoms with Gasteiger partial charge in [-0.25, -0.2) is 9.37 Å².